The summed E-state index contributed by atoms with van der Waals surface area (Å²) in [5.41, 5.74) is -1.29. The Bertz CT molecular complexity index is 350. The number of nitrogens with one attached hydrogen (secondary N) is 1. The third-order valence-corrected chi connectivity index (χ3v) is 3.40. The summed E-state index contributed by atoms with van der Waals surface area (Å²) in [6.07, 6.45) is 1.48. The summed E-state index contributed by atoms with van der Waals surface area (Å²) < 4.78 is 0. The smallest absolute Gasteiger partial charge is 0.319 e. The molecule has 1 aliphatic carbocycles. The highest BCUT2D eigenvalue weighted by Crippen LogP contribution is 2.42. The van der Waals surface area contributed by atoms with Gasteiger partial charge in [-0.2, -0.15) is 0 Å². The maximum absolute atomic E-state index is 12.2. The highest BCUT2D eigenvalue weighted by Gasteiger charge is 2.52. The van der Waals surface area contributed by atoms with Gasteiger partial charge < -0.3 is 15.3 Å². The van der Waals surface area contributed by atoms with Crippen molar-refractivity contribution in [3.05, 3.63) is 0 Å². The number of nitrogens with zero attached hydrogens (tertiary/aromatic N) is 1. The van der Waals surface area contributed by atoms with E-state index in [1.165, 1.54) is 4.90 Å². The third kappa shape index (κ3) is 2.63. The van der Waals surface area contributed by atoms with Crippen LogP contribution in [0.15, 0.2) is 0 Å². The molecule has 2 amide bonds. The lowest BCUT2D eigenvalue weighted by atomic mass is 9.67. The number of carboxylic acid groups (broad SMARTS) is 1. The van der Waals surface area contributed by atoms with E-state index in [2.05, 4.69) is 5.32 Å². The molecule has 1 aliphatic rings. The molecule has 0 aromatic heterocycles. The Kier molecular flexibility index (Phi) is 4.69. The van der Waals surface area contributed by atoms with Gasteiger partial charge in [-0.1, -0.05) is 6.42 Å². The van der Waals surface area contributed by atoms with Crippen LogP contribution in [0.1, 0.15) is 33.1 Å². The van der Waals surface area contributed by atoms with E-state index in [0.717, 1.165) is 6.42 Å². The summed E-state index contributed by atoms with van der Waals surface area (Å²) in [6.45, 7) is 4.30. The highest BCUT2D eigenvalue weighted by molar-refractivity contribution is 6.03. The van der Waals surface area contributed by atoms with E-state index in [0.29, 0.717) is 25.9 Å². The summed E-state index contributed by atoms with van der Waals surface area (Å²) in [5, 5.41) is 11.8. The first kappa shape index (κ1) is 14.5. The molecule has 0 spiro atoms. The Hall–Kier alpha value is -1.59. The van der Waals surface area contributed by atoms with Crippen LogP contribution in [0.5, 0.6) is 0 Å². The van der Waals surface area contributed by atoms with Crippen molar-refractivity contribution in [2.75, 3.05) is 19.6 Å². The van der Waals surface area contributed by atoms with Gasteiger partial charge in [0.05, 0.1) is 6.54 Å². The molecule has 0 heterocycles. The van der Waals surface area contributed by atoms with E-state index in [4.69, 9.17) is 0 Å². The quantitative estimate of drug-likeness (QED) is 0.666. The molecule has 1 rings (SSSR count). The normalized spacial score (nSPS) is 16.6. The van der Waals surface area contributed by atoms with E-state index in [1.54, 1.807) is 13.8 Å². The number of aliphatic carboxylic acids is 1. The van der Waals surface area contributed by atoms with Crippen LogP contribution in [0, 0.1) is 5.41 Å². The Morgan fingerprint density at radius 1 is 1.28 bits per heavy atom. The first-order chi connectivity index (χ1) is 8.47. The molecular formula is C12H20N2O4. The first-order valence-corrected chi connectivity index (χ1v) is 6.27. The molecule has 6 nitrogen and oxygen atoms in total. The van der Waals surface area contributed by atoms with Gasteiger partial charge in [0.2, 0.25) is 11.8 Å². The molecule has 0 aromatic rings. The molecule has 102 valence electrons. The second-order valence-electron chi connectivity index (χ2n) is 4.51. The number of hydrogen-bond donors (Lipinski definition) is 2. The van der Waals surface area contributed by atoms with Crippen LogP contribution >= 0.6 is 0 Å². The fraction of sp³-hybridized carbons (Fsp3) is 0.750. The van der Waals surface area contributed by atoms with Crippen LogP contribution in [-0.2, 0) is 14.4 Å². The van der Waals surface area contributed by atoms with Gasteiger partial charge in [-0.25, -0.2) is 0 Å². The standard InChI is InChI=1S/C12H20N2O4/c1-3-13-9(15)8-14(4-2)10(16)12(11(17)18)6-5-7-12/h3-8H2,1-2H3,(H,13,15)(H,17,18). The molecule has 0 aliphatic heterocycles. The molecule has 0 atom stereocenters. The van der Waals surface area contributed by atoms with E-state index in [1.807, 2.05) is 0 Å². The number of carboxylic acids is 1. The molecular weight excluding hydrogens is 236 g/mol. The first-order valence-electron chi connectivity index (χ1n) is 6.27. The molecule has 1 fully saturated rings. The van der Waals surface area contributed by atoms with Crippen molar-refractivity contribution >= 4 is 17.8 Å². The average molecular weight is 256 g/mol. The van der Waals surface area contributed by atoms with Gasteiger partial charge in [-0.3, -0.25) is 14.4 Å². The van der Waals surface area contributed by atoms with Gasteiger partial charge in [0.15, 0.2) is 0 Å². The van der Waals surface area contributed by atoms with Crippen molar-refractivity contribution < 1.29 is 19.5 Å². The number of rotatable bonds is 6. The predicted molar refractivity (Wildman–Crippen MR) is 64.9 cm³/mol. The highest BCUT2D eigenvalue weighted by atomic mass is 16.4. The molecule has 18 heavy (non-hydrogen) atoms. The number of carbonyl (C=O) groups excluding carboxylic acids is 2. The fourth-order valence-electron chi connectivity index (χ4n) is 2.11. The molecule has 0 radical (unpaired) electrons. The van der Waals surface area contributed by atoms with E-state index in [9.17, 15) is 19.5 Å². The number of carbonyl (C=O) groups is 3. The zero-order chi connectivity index (χ0) is 13.8. The van der Waals surface area contributed by atoms with Crippen molar-refractivity contribution in [1.82, 2.24) is 10.2 Å². The van der Waals surface area contributed by atoms with Crippen LogP contribution in [0.4, 0.5) is 0 Å². The lowest BCUT2D eigenvalue weighted by Gasteiger charge is -2.39. The van der Waals surface area contributed by atoms with Crippen molar-refractivity contribution in [1.29, 1.82) is 0 Å². The van der Waals surface area contributed by atoms with Crippen LogP contribution in [0.3, 0.4) is 0 Å². The van der Waals surface area contributed by atoms with Crippen molar-refractivity contribution in [2.24, 2.45) is 5.41 Å². The van der Waals surface area contributed by atoms with Crippen LogP contribution in [0.2, 0.25) is 0 Å². The van der Waals surface area contributed by atoms with Gasteiger partial charge in [0.1, 0.15) is 5.41 Å². The summed E-state index contributed by atoms with van der Waals surface area (Å²) in [5.74, 6) is -1.77. The Morgan fingerprint density at radius 2 is 1.89 bits per heavy atom. The van der Waals surface area contributed by atoms with Crippen LogP contribution in [-0.4, -0.2) is 47.4 Å². The lowest BCUT2D eigenvalue weighted by molar-refractivity contribution is -0.168. The Balaban J connectivity index is 2.73. The molecule has 0 bridgehead atoms. The summed E-state index contributed by atoms with van der Waals surface area (Å²) in [4.78, 5) is 36.2. The predicted octanol–water partition coefficient (Wildman–Crippen LogP) is 0.226. The molecule has 6 heteroatoms. The van der Waals surface area contributed by atoms with Crippen LogP contribution < -0.4 is 5.32 Å². The molecule has 0 aromatic carbocycles. The second kappa shape index (κ2) is 5.84. The molecule has 0 unspecified atom stereocenters. The minimum absolute atomic E-state index is 0.0712. The largest absolute Gasteiger partial charge is 0.480 e. The lowest BCUT2D eigenvalue weighted by Crippen LogP contribution is -2.54. The van der Waals surface area contributed by atoms with Gasteiger partial charge >= 0.3 is 5.97 Å². The SMILES string of the molecule is CCNC(=O)CN(CC)C(=O)C1(C(=O)O)CCC1. The fourth-order valence-corrected chi connectivity index (χ4v) is 2.11. The second-order valence-corrected chi connectivity index (χ2v) is 4.51. The van der Waals surface area contributed by atoms with Gasteiger partial charge in [0, 0.05) is 13.1 Å². The Labute approximate surface area is 106 Å². The average Bonchev–Trinajstić information content (AvgIpc) is 2.23. The van der Waals surface area contributed by atoms with Gasteiger partial charge in [-0.15, -0.1) is 0 Å². The van der Waals surface area contributed by atoms with Gasteiger partial charge in [-0.05, 0) is 26.7 Å². The monoisotopic (exact) mass is 256 g/mol. The zero-order valence-electron chi connectivity index (χ0n) is 10.9. The molecule has 1 saturated carbocycles. The summed E-state index contributed by atoms with van der Waals surface area (Å²) in [6, 6.07) is 0. The summed E-state index contributed by atoms with van der Waals surface area (Å²) in [7, 11) is 0. The topological polar surface area (TPSA) is 86.7 Å². The molecule has 2 N–H and O–H groups in total. The van der Waals surface area contributed by atoms with Crippen molar-refractivity contribution in [2.45, 2.75) is 33.1 Å². The number of likely N-dealkylation sites (N-methyl/N-ethyl adjacent to an activating group) is 2. The minimum Gasteiger partial charge on any atom is -0.480 e. The van der Waals surface area contributed by atoms with E-state index >= 15 is 0 Å². The van der Waals surface area contributed by atoms with E-state index < -0.39 is 17.3 Å². The van der Waals surface area contributed by atoms with Crippen molar-refractivity contribution in [3.63, 3.8) is 0 Å². The number of amides is 2. The zero-order valence-corrected chi connectivity index (χ0v) is 10.9. The maximum atomic E-state index is 12.2. The summed E-state index contributed by atoms with van der Waals surface area (Å²) >= 11 is 0. The maximum Gasteiger partial charge on any atom is 0.319 e. The van der Waals surface area contributed by atoms with E-state index in [-0.39, 0.29) is 12.5 Å². The Morgan fingerprint density at radius 3 is 2.22 bits per heavy atom. The van der Waals surface area contributed by atoms with Gasteiger partial charge in [0.25, 0.3) is 0 Å². The van der Waals surface area contributed by atoms with Crippen LogP contribution in [0.25, 0.3) is 0 Å². The van der Waals surface area contributed by atoms with Crippen molar-refractivity contribution in [3.8, 4) is 0 Å². The third-order valence-electron chi connectivity index (χ3n) is 3.40. The minimum atomic E-state index is -1.29. The molecule has 0 saturated heterocycles. The number of hydrogen-bond acceptors (Lipinski definition) is 3.